The Hall–Kier alpha value is -1.55. The van der Waals surface area contributed by atoms with Crippen LogP contribution in [0.1, 0.15) is 15.2 Å². The number of hydrogen-bond donors (Lipinski definition) is 0. The van der Waals surface area contributed by atoms with Crippen LogP contribution in [0, 0.1) is 0 Å². The summed E-state index contributed by atoms with van der Waals surface area (Å²) in [5.74, 6) is 0.320. The Morgan fingerprint density at radius 1 is 1.10 bits per heavy atom. The molecule has 0 N–H and O–H groups in total. The van der Waals surface area contributed by atoms with Crippen molar-refractivity contribution in [3.8, 4) is 5.75 Å². The maximum atomic E-state index is 12.6. The molecule has 0 spiro atoms. The van der Waals surface area contributed by atoms with E-state index < -0.39 is 0 Å². The number of ketones is 1. The van der Waals surface area contributed by atoms with Gasteiger partial charge in [0.15, 0.2) is 0 Å². The first-order chi connectivity index (χ1) is 10.1. The van der Waals surface area contributed by atoms with Crippen molar-refractivity contribution in [2.75, 3.05) is 7.11 Å². The molecule has 3 aromatic rings. The Morgan fingerprint density at radius 3 is 2.57 bits per heavy atom. The van der Waals surface area contributed by atoms with Gasteiger partial charge in [-0.3, -0.25) is 4.79 Å². The van der Waals surface area contributed by atoms with Gasteiger partial charge < -0.3 is 4.74 Å². The van der Waals surface area contributed by atoms with Crippen LogP contribution in [-0.2, 0) is 0 Å². The summed E-state index contributed by atoms with van der Waals surface area (Å²) in [5, 5.41) is 1.52. The summed E-state index contributed by atoms with van der Waals surface area (Å²) < 4.78 is 6.16. The van der Waals surface area contributed by atoms with Crippen LogP contribution in [0.4, 0.5) is 0 Å². The molecule has 0 bridgehead atoms. The molecule has 0 unspecified atom stereocenters. The van der Waals surface area contributed by atoms with Crippen molar-refractivity contribution in [3.05, 3.63) is 63.0 Å². The Balaban J connectivity index is 2.08. The molecule has 1 aromatic heterocycles. The van der Waals surface area contributed by atoms with Gasteiger partial charge in [0.25, 0.3) is 0 Å². The summed E-state index contributed by atoms with van der Waals surface area (Å²) in [7, 11) is 1.50. The van der Waals surface area contributed by atoms with E-state index in [0.29, 0.717) is 16.2 Å². The van der Waals surface area contributed by atoms with Crippen molar-refractivity contribution in [1.29, 1.82) is 0 Å². The van der Waals surface area contributed by atoms with Gasteiger partial charge in [0.1, 0.15) is 10.8 Å². The Labute approximate surface area is 135 Å². The number of ether oxygens (including phenoxy) is 1. The van der Waals surface area contributed by atoms with Crippen LogP contribution < -0.4 is 4.74 Å². The highest BCUT2D eigenvalue weighted by Gasteiger charge is 2.19. The normalized spacial score (nSPS) is 10.8. The second kappa shape index (κ2) is 5.68. The van der Waals surface area contributed by atoms with Crippen LogP contribution >= 0.6 is 34.5 Å². The van der Waals surface area contributed by atoms with Crippen molar-refractivity contribution in [2.45, 2.75) is 0 Å². The average Bonchev–Trinajstić information content (AvgIpc) is 2.93. The second-order valence-corrected chi connectivity index (χ2v) is 6.26. The number of methoxy groups -OCH3 is 1. The van der Waals surface area contributed by atoms with E-state index in [1.54, 1.807) is 12.1 Å². The smallest absolute Gasteiger partial charge is 0.204 e. The number of rotatable bonds is 3. The first-order valence-corrected chi connectivity index (χ1v) is 7.74. The molecule has 2 aromatic carbocycles. The minimum absolute atomic E-state index is 0.134. The van der Waals surface area contributed by atoms with Gasteiger partial charge in [0, 0.05) is 10.3 Å². The largest absolute Gasteiger partial charge is 0.495 e. The van der Waals surface area contributed by atoms with E-state index in [1.165, 1.54) is 18.4 Å². The van der Waals surface area contributed by atoms with Gasteiger partial charge in [0.05, 0.1) is 17.0 Å². The van der Waals surface area contributed by atoms with E-state index in [2.05, 4.69) is 0 Å². The molecule has 0 saturated heterocycles. The predicted molar refractivity (Wildman–Crippen MR) is 88.3 cm³/mol. The zero-order valence-corrected chi connectivity index (χ0v) is 13.4. The lowest BCUT2D eigenvalue weighted by atomic mass is 10.1. The molecule has 5 heteroatoms. The Kier molecular flexibility index (Phi) is 3.89. The molecular formula is C16H10Cl2O2S. The van der Waals surface area contributed by atoms with Crippen LogP contribution in [0.3, 0.4) is 0 Å². The first-order valence-electron chi connectivity index (χ1n) is 6.17. The monoisotopic (exact) mass is 336 g/mol. The lowest BCUT2D eigenvalue weighted by molar-refractivity contribution is 0.104. The summed E-state index contributed by atoms with van der Waals surface area (Å²) in [4.78, 5) is 13.3. The summed E-state index contributed by atoms with van der Waals surface area (Å²) >= 11 is 13.7. The number of carbonyl (C=O) groups excluding carboxylic acids is 1. The predicted octanol–water partition coefficient (Wildman–Crippen LogP) is 5.45. The maximum absolute atomic E-state index is 12.6. The van der Waals surface area contributed by atoms with Crippen molar-refractivity contribution >= 4 is 50.4 Å². The summed E-state index contributed by atoms with van der Waals surface area (Å²) in [5.41, 5.74) is 0.383. The van der Waals surface area contributed by atoms with Crippen molar-refractivity contribution in [1.82, 2.24) is 0 Å². The zero-order chi connectivity index (χ0) is 15.0. The number of halogens is 2. The average molecular weight is 337 g/mol. The highest BCUT2D eigenvalue weighted by atomic mass is 35.5. The van der Waals surface area contributed by atoms with Gasteiger partial charge in [-0.2, -0.15) is 0 Å². The van der Waals surface area contributed by atoms with Gasteiger partial charge in [-0.1, -0.05) is 41.4 Å². The van der Waals surface area contributed by atoms with Crippen molar-refractivity contribution in [3.63, 3.8) is 0 Å². The molecule has 0 saturated carbocycles. The lowest BCUT2D eigenvalue weighted by Gasteiger charge is -2.08. The van der Waals surface area contributed by atoms with E-state index in [9.17, 15) is 4.79 Å². The van der Waals surface area contributed by atoms with Crippen LogP contribution in [-0.4, -0.2) is 12.9 Å². The molecule has 21 heavy (non-hydrogen) atoms. The Bertz CT molecular complexity index is 806. The Morgan fingerprint density at radius 2 is 1.86 bits per heavy atom. The number of thiophene rings is 1. The van der Waals surface area contributed by atoms with Gasteiger partial charge in [-0.15, -0.1) is 11.3 Å². The molecule has 1 heterocycles. The van der Waals surface area contributed by atoms with Gasteiger partial charge in [0.2, 0.25) is 5.78 Å². The molecule has 0 fully saturated rings. The number of fused-ring (bicyclic) bond motifs is 1. The van der Waals surface area contributed by atoms with E-state index >= 15 is 0 Å². The second-order valence-electron chi connectivity index (χ2n) is 4.42. The fraction of sp³-hybridized carbons (Fsp3) is 0.0625. The third kappa shape index (κ3) is 2.53. The SMILES string of the molecule is COc1ccc(C(=O)c2cc3ccccc3s2)c(Cl)c1Cl. The molecule has 106 valence electrons. The van der Waals surface area contributed by atoms with Gasteiger partial charge in [-0.25, -0.2) is 0 Å². The van der Waals surface area contributed by atoms with Gasteiger partial charge >= 0.3 is 0 Å². The molecule has 3 rings (SSSR count). The summed E-state index contributed by atoms with van der Waals surface area (Å²) in [6, 6.07) is 13.0. The third-order valence-electron chi connectivity index (χ3n) is 3.16. The van der Waals surface area contributed by atoms with E-state index in [4.69, 9.17) is 27.9 Å². The van der Waals surface area contributed by atoms with E-state index in [0.717, 1.165) is 10.1 Å². The topological polar surface area (TPSA) is 26.3 Å². The van der Waals surface area contributed by atoms with Crippen LogP contribution in [0.25, 0.3) is 10.1 Å². The standard InChI is InChI=1S/C16H10Cl2O2S/c1-20-11-7-6-10(14(17)15(11)18)16(19)13-8-9-4-2-3-5-12(9)21-13/h2-8H,1H3. The van der Waals surface area contributed by atoms with Crippen LogP contribution in [0.15, 0.2) is 42.5 Å². The van der Waals surface area contributed by atoms with Gasteiger partial charge in [-0.05, 0) is 29.7 Å². The maximum Gasteiger partial charge on any atom is 0.204 e. The van der Waals surface area contributed by atoms with Crippen molar-refractivity contribution < 1.29 is 9.53 Å². The van der Waals surface area contributed by atoms with E-state index in [-0.39, 0.29) is 15.8 Å². The number of hydrogen-bond acceptors (Lipinski definition) is 3. The minimum atomic E-state index is -0.134. The molecule has 0 radical (unpaired) electrons. The molecule has 0 aliphatic rings. The highest BCUT2D eigenvalue weighted by molar-refractivity contribution is 7.21. The number of benzene rings is 2. The van der Waals surface area contributed by atoms with Crippen LogP contribution in [0.5, 0.6) is 5.75 Å². The highest BCUT2D eigenvalue weighted by Crippen LogP contribution is 2.36. The fourth-order valence-electron chi connectivity index (χ4n) is 2.09. The molecule has 0 atom stereocenters. The first kappa shape index (κ1) is 14.4. The summed E-state index contributed by atoms with van der Waals surface area (Å²) in [6.07, 6.45) is 0. The van der Waals surface area contributed by atoms with Crippen molar-refractivity contribution in [2.24, 2.45) is 0 Å². The van der Waals surface area contributed by atoms with E-state index in [1.807, 2.05) is 30.3 Å². The quantitative estimate of drug-likeness (QED) is 0.594. The fourth-order valence-corrected chi connectivity index (χ4v) is 3.59. The molecule has 0 amide bonds. The molecule has 2 nitrogen and oxygen atoms in total. The third-order valence-corrected chi connectivity index (χ3v) is 5.14. The molecule has 0 aliphatic carbocycles. The number of carbonyl (C=O) groups is 1. The lowest BCUT2D eigenvalue weighted by Crippen LogP contribution is -2.00. The van der Waals surface area contributed by atoms with Crippen LogP contribution in [0.2, 0.25) is 10.0 Å². The molecule has 0 aliphatic heterocycles. The zero-order valence-electron chi connectivity index (χ0n) is 11.0. The molecular weight excluding hydrogens is 327 g/mol. The minimum Gasteiger partial charge on any atom is -0.495 e. The summed E-state index contributed by atoms with van der Waals surface area (Å²) in [6.45, 7) is 0.